The number of benzene rings is 2. The summed E-state index contributed by atoms with van der Waals surface area (Å²) in [5.41, 5.74) is 1.70. The van der Waals surface area contributed by atoms with Gasteiger partial charge in [0.05, 0.1) is 6.61 Å². The molecule has 0 saturated heterocycles. The summed E-state index contributed by atoms with van der Waals surface area (Å²) in [7, 11) is 0. The molecule has 2 aromatic rings. The minimum atomic E-state index is -1.01. The second-order valence-electron chi connectivity index (χ2n) is 11.3. The molecule has 0 spiro atoms. The highest BCUT2D eigenvalue weighted by molar-refractivity contribution is 5.92. The van der Waals surface area contributed by atoms with Crippen molar-refractivity contribution in [1.82, 2.24) is 15.5 Å². The monoisotopic (exact) mass is 537 g/mol. The Labute approximate surface area is 232 Å². The van der Waals surface area contributed by atoms with Crippen LogP contribution in [0.2, 0.25) is 0 Å². The number of alkyl carbamates (subject to hydrolysis) is 1. The molecule has 2 aromatic carbocycles. The third kappa shape index (κ3) is 9.39. The Morgan fingerprint density at radius 3 is 2.33 bits per heavy atom. The van der Waals surface area contributed by atoms with Crippen molar-refractivity contribution in [3.8, 4) is 0 Å². The minimum absolute atomic E-state index is 0.0460. The van der Waals surface area contributed by atoms with E-state index in [0.717, 1.165) is 43.2 Å². The molecule has 0 bridgehead atoms. The zero-order chi connectivity index (χ0) is 28.4. The summed E-state index contributed by atoms with van der Waals surface area (Å²) in [6, 6.07) is 14.9. The lowest BCUT2D eigenvalue weighted by Gasteiger charge is -2.35. The number of aryl methyl sites for hydroxylation is 1. The van der Waals surface area contributed by atoms with Gasteiger partial charge in [-0.15, -0.1) is 0 Å². The number of amides is 3. The third-order valence-electron chi connectivity index (χ3n) is 6.77. The van der Waals surface area contributed by atoms with Gasteiger partial charge in [0.25, 0.3) is 0 Å². The highest BCUT2D eigenvalue weighted by atomic mass is 16.6. The van der Waals surface area contributed by atoms with E-state index in [9.17, 15) is 19.5 Å². The molecule has 0 aromatic heterocycles. The van der Waals surface area contributed by atoms with Crippen LogP contribution in [0, 0.1) is 6.92 Å². The molecular weight excluding hydrogens is 494 g/mol. The van der Waals surface area contributed by atoms with Gasteiger partial charge in [-0.05, 0) is 51.7 Å². The highest BCUT2D eigenvalue weighted by Gasteiger charge is 2.37. The van der Waals surface area contributed by atoms with Crippen LogP contribution in [-0.2, 0) is 20.7 Å². The number of aliphatic hydroxyl groups is 1. The van der Waals surface area contributed by atoms with Gasteiger partial charge in [0.2, 0.25) is 11.8 Å². The fourth-order valence-electron chi connectivity index (χ4n) is 5.01. The van der Waals surface area contributed by atoms with Crippen molar-refractivity contribution in [2.45, 2.75) is 89.9 Å². The smallest absolute Gasteiger partial charge is 0.408 e. The molecule has 1 saturated carbocycles. The molecule has 0 radical (unpaired) electrons. The van der Waals surface area contributed by atoms with Gasteiger partial charge in [0, 0.05) is 19.0 Å². The standard InChI is InChI=1S/C31H43N3O5/c1-22-12-11-15-24(20-22)27(28(36)32-25-16-9-6-10-17-25)34(18-19-35)29(37)26(21-23-13-7-5-8-14-23)33-30(38)39-31(2,3)4/h5,7-8,11-15,20,25-27,35H,6,9-10,16-19,21H2,1-4H3,(H,32,36)(H,33,38). The molecule has 3 N–H and O–H groups in total. The first kappa shape index (κ1) is 30.2. The first-order valence-corrected chi connectivity index (χ1v) is 13.9. The van der Waals surface area contributed by atoms with E-state index in [1.54, 1.807) is 20.8 Å². The Bertz CT molecular complexity index is 1090. The number of hydrogen-bond acceptors (Lipinski definition) is 5. The molecule has 3 amide bonds. The normalized spacial score (nSPS) is 15.6. The van der Waals surface area contributed by atoms with Gasteiger partial charge < -0.3 is 25.4 Å². The fraction of sp³-hybridized carbons (Fsp3) is 0.516. The Kier molecular flexibility index (Phi) is 10.9. The van der Waals surface area contributed by atoms with Crippen molar-refractivity contribution in [2.24, 2.45) is 0 Å². The Morgan fingerprint density at radius 2 is 1.72 bits per heavy atom. The summed E-state index contributed by atoms with van der Waals surface area (Å²) in [5, 5.41) is 15.9. The molecule has 1 aliphatic carbocycles. The maximum atomic E-state index is 14.2. The second-order valence-corrected chi connectivity index (χ2v) is 11.3. The number of ether oxygens (including phenoxy) is 1. The molecule has 1 fully saturated rings. The summed E-state index contributed by atoms with van der Waals surface area (Å²) in [6.07, 6.45) is 4.54. The number of nitrogens with one attached hydrogen (secondary N) is 2. The van der Waals surface area contributed by atoms with Crippen LogP contribution in [0.15, 0.2) is 54.6 Å². The molecule has 0 aliphatic heterocycles. The van der Waals surface area contributed by atoms with E-state index in [1.807, 2.05) is 61.5 Å². The van der Waals surface area contributed by atoms with Crippen molar-refractivity contribution in [3.63, 3.8) is 0 Å². The van der Waals surface area contributed by atoms with Gasteiger partial charge in [-0.2, -0.15) is 0 Å². The van der Waals surface area contributed by atoms with Crippen molar-refractivity contribution >= 4 is 17.9 Å². The molecule has 2 unspecified atom stereocenters. The average Bonchev–Trinajstić information content (AvgIpc) is 2.88. The molecule has 2 atom stereocenters. The molecule has 1 aliphatic rings. The Morgan fingerprint density at radius 1 is 1.03 bits per heavy atom. The largest absolute Gasteiger partial charge is 0.444 e. The SMILES string of the molecule is Cc1cccc(C(C(=O)NC2CCCCC2)N(CCO)C(=O)C(Cc2ccccc2)NC(=O)OC(C)(C)C)c1. The van der Waals surface area contributed by atoms with Crippen molar-refractivity contribution < 1.29 is 24.2 Å². The lowest BCUT2D eigenvalue weighted by atomic mass is 9.94. The zero-order valence-electron chi connectivity index (χ0n) is 23.6. The van der Waals surface area contributed by atoms with E-state index in [-0.39, 0.29) is 31.5 Å². The molecule has 8 heteroatoms. The van der Waals surface area contributed by atoms with Crippen molar-refractivity contribution in [1.29, 1.82) is 0 Å². The van der Waals surface area contributed by atoms with Gasteiger partial charge >= 0.3 is 6.09 Å². The number of carbonyl (C=O) groups is 3. The van der Waals surface area contributed by atoms with E-state index in [1.165, 1.54) is 4.90 Å². The second kappa shape index (κ2) is 14.1. The summed E-state index contributed by atoms with van der Waals surface area (Å²) < 4.78 is 5.46. The van der Waals surface area contributed by atoms with Crippen LogP contribution in [0.25, 0.3) is 0 Å². The number of aliphatic hydroxyl groups excluding tert-OH is 1. The number of rotatable bonds is 10. The van der Waals surface area contributed by atoms with Gasteiger partial charge in [-0.25, -0.2) is 4.79 Å². The summed E-state index contributed by atoms with van der Waals surface area (Å²) >= 11 is 0. The van der Waals surface area contributed by atoms with Crippen LogP contribution in [0.1, 0.15) is 75.6 Å². The number of carbonyl (C=O) groups excluding carboxylic acids is 3. The molecule has 39 heavy (non-hydrogen) atoms. The van der Waals surface area contributed by atoms with Crippen molar-refractivity contribution in [2.75, 3.05) is 13.2 Å². The molecule has 212 valence electrons. The van der Waals surface area contributed by atoms with Crippen LogP contribution in [0.5, 0.6) is 0 Å². The van der Waals surface area contributed by atoms with Crippen LogP contribution < -0.4 is 10.6 Å². The zero-order valence-corrected chi connectivity index (χ0v) is 23.6. The highest BCUT2D eigenvalue weighted by Crippen LogP contribution is 2.26. The predicted molar refractivity (Wildman–Crippen MR) is 151 cm³/mol. The lowest BCUT2D eigenvalue weighted by molar-refractivity contribution is -0.143. The van der Waals surface area contributed by atoms with E-state index < -0.39 is 29.7 Å². The summed E-state index contributed by atoms with van der Waals surface area (Å²) in [5.74, 6) is -0.755. The molecule has 3 rings (SSSR count). The van der Waals surface area contributed by atoms with Crippen LogP contribution >= 0.6 is 0 Å². The first-order chi connectivity index (χ1) is 18.6. The van der Waals surface area contributed by atoms with Crippen LogP contribution in [-0.4, -0.2) is 58.8 Å². The van der Waals surface area contributed by atoms with Gasteiger partial charge in [0.1, 0.15) is 17.7 Å². The minimum Gasteiger partial charge on any atom is -0.444 e. The van der Waals surface area contributed by atoms with E-state index in [4.69, 9.17) is 4.74 Å². The van der Waals surface area contributed by atoms with Gasteiger partial charge in [-0.1, -0.05) is 79.4 Å². The van der Waals surface area contributed by atoms with E-state index >= 15 is 0 Å². The maximum absolute atomic E-state index is 14.2. The fourth-order valence-corrected chi connectivity index (χ4v) is 5.01. The predicted octanol–water partition coefficient (Wildman–Crippen LogP) is 4.44. The molecular formula is C31H43N3O5. The summed E-state index contributed by atoms with van der Waals surface area (Å²) in [6.45, 7) is 6.78. The average molecular weight is 538 g/mol. The van der Waals surface area contributed by atoms with Gasteiger partial charge in [-0.3, -0.25) is 9.59 Å². The quantitative estimate of drug-likeness (QED) is 0.415. The first-order valence-electron chi connectivity index (χ1n) is 13.9. The van der Waals surface area contributed by atoms with Crippen LogP contribution in [0.3, 0.4) is 0 Å². The lowest BCUT2D eigenvalue weighted by Crippen LogP contribution is -2.55. The van der Waals surface area contributed by atoms with Gasteiger partial charge in [0.15, 0.2) is 0 Å². The van der Waals surface area contributed by atoms with Crippen LogP contribution in [0.4, 0.5) is 4.79 Å². The van der Waals surface area contributed by atoms with E-state index in [0.29, 0.717) is 5.56 Å². The molecule has 0 heterocycles. The van der Waals surface area contributed by atoms with E-state index in [2.05, 4.69) is 10.6 Å². The maximum Gasteiger partial charge on any atom is 0.408 e. The Balaban J connectivity index is 1.97. The summed E-state index contributed by atoms with van der Waals surface area (Å²) in [4.78, 5) is 42.2. The Hall–Kier alpha value is -3.39. The third-order valence-corrected chi connectivity index (χ3v) is 6.77. The molecule has 8 nitrogen and oxygen atoms in total. The number of hydrogen-bond donors (Lipinski definition) is 3. The number of nitrogens with zero attached hydrogens (tertiary/aromatic N) is 1. The topological polar surface area (TPSA) is 108 Å². The van der Waals surface area contributed by atoms with Crippen molar-refractivity contribution in [3.05, 3.63) is 71.3 Å².